The van der Waals surface area contributed by atoms with Crippen LogP contribution in [-0.2, 0) is 4.79 Å². The summed E-state index contributed by atoms with van der Waals surface area (Å²) in [6, 6.07) is 9.34. The van der Waals surface area contributed by atoms with E-state index in [4.69, 9.17) is 0 Å². The highest BCUT2D eigenvalue weighted by atomic mass is 79.9. The third-order valence-electron chi connectivity index (χ3n) is 3.67. The van der Waals surface area contributed by atoms with Gasteiger partial charge in [-0.2, -0.15) is 0 Å². The second-order valence-electron chi connectivity index (χ2n) is 4.72. The third kappa shape index (κ3) is 1.67. The highest BCUT2D eigenvalue weighted by molar-refractivity contribution is 9.10. The maximum absolute atomic E-state index is 11.5. The van der Waals surface area contributed by atoms with E-state index in [1.54, 1.807) is 0 Å². The summed E-state index contributed by atoms with van der Waals surface area (Å²) in [4.78, 5) is 14.0. The molecule has 0 amide bonds. The molecular weight excluding hydrogens is 266 g/mol. The first kappa shape index (κ1) is 10.3. The second kappa shape index (κ2) is 3.88. The third-order valence-corrected chi connectivity index (χ3v) is 4.20. The molecule has 2 nitrogen and oxygen atoms in total. The fraction of sp³-hybridized carbons (Fsp3) is 0.462. The van der Waals surface area contributed by atoms with E-state index < -0.39 is 0 Å². The molecule has 0 N–H and O–H groups in total. The predicted molar refractivity (Wildman–Crippen MR) is 67.7 cm³/mol. The second-order valence-corrected chi connectivity index (χ2v) is 5.63. The van der Waals surface area contributed by atoms with Crippen molar-refractivity contribution in [3.05, 3.63) is 28.7 Å². The molecule has 1 aromatic rings. The zero-order valence-electron chi connectivity index (χ0n) is 9.03. The van der Waals surface area contributed by atoms with Gasteiger partial charge in [0, 0.05) is 35.1 Å². The van der Waals surface area contributed by atoms with E-state index >= 15 is 0 Å². The molecule has 2 fully saturated rings. The van der Waals surface area contributed by atoms with Crippen LogP contribution in [0.15, 0.2) is 28.7 Å². The number of carbonyl (C=O) groups excluding carboxylic acids is 1. The average molecular weight is 280 g/mol. The van der Waals surface area contributed by atoms with Crippen LogP contribution in [0.25, 0.3) is 0 Å². The lowest BCUT2D eigenvalue weighted by molar-refractivity contribution is -0.120. The van der Waals surface area contributed by atoms with E-state index in [2.05, 4.69) is 45.1 Å². The Balaban J connectivity index is 1.90. The highest BCUT2D eigenvalue weighted by Crippen LogP contribution is 2.38. The van der Waals surface area contributed by atoms with Crippen LogP contribution in [0.1, 0.15) is 25.7 Å². The maximum atomic E-state index is 11.5. The van der Waals surface area contributed by atoms with Crippen LogP contribution in [0.2, 0.25) is 0 Å². The zero-order chi connectivity index (χ0) is 11.1. The summed E-state index contributed by atoms with van der Waals surface area (Å²) in [6.45, 7) is 0. The van der Waals surface area contributed by atoms with Crippen molar-refractivity contribution >= 4 is 27.4 Å². The molecule has 0 radical (unpaired) electrons. The molecule has 2 atom stereocenters. The number of ketones is 1. The Labute approximate surface area is 104 Å². The standard InChI is InChI=1S/C13H14BrNO/c14-9-1-3-10(4-2-9)15-11-5-6-12(15)8-13(16)7-11/h1-4,11-12H,5-8H2. The maximum Gasteiger partial charge on any atom is 0.137 e. The molecule has 2 heterocycles. The fourth-order valence-corrected chi connectivity index (χ4v) is 3.27. The van der Waals surface area contributed by atoms with Gasteiger partial charge in [-0.15, -0.1) is 0 Å². The molecule has 2 unspecified atom stereocenters. The Morgan fingerprint density at radius 2 is 1.62 bits per heavy atom. The number of rotatable bonds is 1. The molecule has 2 aliphatic heterocycles. The van der Waals surface area contributed by atoms with Crippen LogP contribution in [0, 0.1) is 0 Å². The number of hydrogen-bond donors (Lipinski definition) is 0. The monoisotopic (exact) mass is 279 g/mol. The topological polar surface area (TPSA) is 20.3 Å². The van der Waals surface area contributed by atoms with Crippen molar-refractivity contribution in [3.63, 3.8) is 0 Å². The molecule has 1 aromatic carbocycles. The number of halogens is 1. The first-order chi connectivity index (χ1) is 7.74. The van der Waals surface area contributed by atoms with E-state index in [9.17, 15) is 4.79 Å². The molecule has 84 valence electrons. The minimum Gasteiger partial charge on any atom is -0.365 e. The smallest absolute Gasteiger partial charge is 0.137 e. The number of piperidine rings is 1. The summed E-state index contributed by atoms with van der Waals surface area (Å²) in [5, 5.41) is 0. The SMILES string of the molecule is O=C1CC2CCC(C1)N2c1ccc(Br)cc1. The molecule has 0 aliphatic carbocycles. The Bertz CT molecular complexity index is 398. The molecule has 0 saturated carbocycles. The number of fused-ring (bicyclic) bond motifs is 2. The summed E-state index contributed by atoms with van der Waals surface area (Å²) < 4.78 is 1.11. The van der Waals surface area contributed by atoms with Crippen molar-refractivity contribution in [3.8, 4) is 0 Å². The minimum absolute atomic E-state index is 0.445. The molecular formula is C13H14BrNO. The van der Waals surface area contributed by atoms with Crippen molar-refractivity contribution in [2.24, 2.45) is 0 Å². The largest absolute Gasteiger partial charge is 0.365 e. The Kier molecular flexibility index (Phi) is 2.51. The van der Waals surface area contributed by atoms with Crippen LogP contribution < -0.4 is 4.90 Å². The van der Waals surface area contributed by atoms with Crippen molar-refractivity contribution in [1.82, 2.24) is 0 Å². The van der Waals surface area contributed by atoms with E-state index in [0.717, 1.165) is 17.3 Å². The molecule has 2 saturated heterocycles. The van der Waals surface area contributed by atoms with Gasteiger partial charge in [-0.25, -0.2) is 0 Å². The van der Waals surface area contributed by atoms with Gasteiger partial charge in [-0.3, -0.25) is 4.79 Å². The average Bonchev–Trinajstić information content (AvgIpc) is 2.54. The molecule has 0 aromatic heterocycles. The lowest BCUT2D eigenvalue weighted by Crippen LogP contribution is -2.43. The normalized spacial score (nSPS) is 28.6. The van der Waals surface area contributed by atoms with E-state index in [-0.39, 0.29) is 0 Å². The van der Waals surface area contributed by atoms with Gasteiger partial charge < -0.3 is 4.90 Å². The molecule has 2 aliphatic rings. The molecule has 3 rings (SSSR count). The fourth-order valence-electron chi connectivity index (χ4n) is 3.01. The van der Waals surface area contributed by atoms with Gasteiger partial charge in [0.05, 0.1) is 0 Å². The lowest BCUT2D eigenvalue weighted by Gasteiger charge is -2.36. The van der Waals surface area contributed by atoms with Crippen molar-refractivity contribution < 1.29 is 4.79 Å². The summed E-state index contributed by atoms with van der Waals surface area (Å²) in [6.07, 6.45) is 3.83. The van der Waals surface area contributed by atoms with E-state index in [0.29, 0.717) is 17.9 Å². The number of anilines is 1. The summed E-state index contributed by atoms with van der Waals surface area (Å²) >= 11 is 3.45. The Morgan fingerprint density at radius 1 is 1.06 bits per heavy atom. The van der Waals surface area contributed by atoms with Gasteiger partial charge in [0.1, 0.15) is 5.78 Å². The molecule has 16 heavy (non-hydrogen) atoms. The Morgan fingerprint density at radius 3 is 2.19 bits per heavy atom. The van der Waals surface area contributed by atoms with Crippen LogP contribution in [-0.4, -0.2) is 17.9 Å². The quantitative estimate of drug-likeness (QED) is 0.787. The van der Waals surface area contributed by atoms with E-state index in [1.807, 2.05) is 0 Å². The van der Waals surface area contributed by atoms with Gasteiger partial charge >= 0.3 is 0 Å². The summed E-state index contributed by atoms with van der Waals surface area (Å²) in [5.41, 5.74) is 1.27. The zero-order valence-corrected chi connectivity index (χ0v) is 10.6. The first-order valence-corrected chi connectivity index (χ1v) is 6.59. The number of nitrogens with zero attached hydrogens (tertiary/aromatic N) is 1. The minimum atomic E-state index is 0.445. The number of benzene rings is 1. The summed E-state index contributed by atoms with van der Waals surface area (Å²) in [5.74, 6) is 0.445. The van der Waals surface area contributed by atoms with Crippen LogP contribution in [0.3, 0.4) is 0 Å². The van der Waals surface area contributed by atoms with Gasteiger partial charge in [-0.05, 0) is 37.1 Å². The molecule has 2 bridgehead atoms. The van der Waals surface area contributed by atoms with Crippen LogP contribution in [0.5, 0.6) is 0 Å². The lowest BCUT2D eigenvalue weighted by atomic mass is 10.0. The van der Waals surface area contributed by atoms with Gasteiger partial charge in [0.2, 0.25) is 0 Å². The first-order valence-electron chi connectivity index (χ1n) is 5.79. The van der Waals surface area contributed by atoms with Crippen molar-refractivity contribution in [2.75, 3.05) is 4.90 Å². The Hall–Kier alpha value is -0.830. The summed E-state index contributed by atoms with van der Waals surface area (Å²) in [7, 11) is 0. The molecule has 0 spiro atoms. The van der Waals surface area contributed by atoms with Crippen molar-refractivity contribution in [2.45, 2.75) is 37.8 Å². The number of Topliss-reactive ketones (excluding diaryl/α,β-unsaturated/α-hetero) is 1. The molecule has 3 heteroatoms. The highest BCUT2D eigenvalue weighted by Gasteiger charge is 2.39. The van der Waals surface area contributed by atoms with Gasteiger partial charge in [-0.1, -0.05) is 15.9 Å². The van der Waals surface area contributed by atoms with Gasteiger partial charge in [0.15, 0.2) is 0 Å². The van der Waals surface area contributed by atoms with Crippen LogP contribution >= 0.6 is 15.9 Å². The number of carbonyl (C=O) groups is 1. The van der Waals surface area contributed by atoms with E-state index in [1.165, 1.54) is 18.5 Å². The van der Waals surface area contributed by atoms with Crippen LogP contribution in [0.4, 0.5) is 5.69 Å². The van der Waals surface area contributed by atoms with Crippen molar-refractivity contribution in [1.29, 1.82) is 0 Å². The predicted octanol–water partition coefficient (Wildman–Crippen LogP) is 3.15. The van der Waals surface area contributed by atoms with Gasteiger partial charge in [0.25, 0.3) is 0 Å². The number of hydrogen-bond acceptors (Lipinski definition) is 2.